The van der Waals surface area contributed by atoms with Crippen LogP contribution in [0.5, 0.6) is 0 Å². The van der Waals surface area contributed by atoms with Gasteiger partial charge in [0.15, 0.2) is 5.78 Å². The number of benzene rings is 1. The number of Topliss-reactive ketones (excluding diaryl/α,β-unsaturated/α-hetero) is 1. The monoisotopic (exact) mass is 295 g/mol. The molecule has 1 aromatic carbocycles. The molecule has 0 amide bonds. The largest absolute Gasteiger partial charge is 0.340 e. The fourth-order valence-corrected chi connectivity index (χ4v) is 2.27. The number of carbonyl (C=O) groups excluding carboxylic acids is 1. The van der Waals surface area contributed by atoms with Crippen molar-refractivity contribution in [3.63, 3.8) is 0 Å². The maximum Gasteiger partial charge on any atom is 0.254 e. The molecule has 0 aliphatic heterocycles. The van der Waals surface area contributed by atoms with Gasteiger partial charge in [-0.1, -0.05) is 13.3 Å². The summed E-state index contributed by atoms with van der Waals surface area (Å²) in [6.45, 7) is 3.67. The van der Waals surface area contributed by atoms with Crippen LogP contribution in [0.25, 0.3) is 5.78 Å². The van der Waals surface area contributed by atoms with Gasteiger partial charge in [-0.2, -0.15) is 14.6 Å². The van der Waals surface area contributed by atoms with Gasteiger partial charge >= 0.3 is 0 Å². The minimum Gasteiger partial charge on any atom is -0.340 e. The summed E-state index contributed by atoms with van der Waals surface area (Å²) in [5, 5.41) is 7.50. The number of aromatic nitrogens is 4. The summed E-state index contributed by atoms with van der Waals surface area (Å²) in [6.07, 6.45) is 3.40. The first-order valence-electron chi connectivity index (χ1n) is 7.25. The van der Waals surface area contributed by atoms with Crippen LogP contribution >= 0.6 is 0 Å². The summed E-state index contributed by atoms with van der Waals surface area (Å²) >= 11 is 0. The number of nitrogens with zero attached hydrogens (tertiary/aromatic N) is 4. The van der Waals surface area contributed by atoms with E-state index >= 15 is 0 Å². The van der Waals surface area contributed by atoms with Gasteiger partial charge in [0.05, 0.1) is 0 Å². The van der Waals surface area contributed by atoms with Crippen molar-refractivity contribution >= 4 is 23.1 Å². The number of fused-ring (bicyclic) bond motifs is 1. The molecule has 3 aromatic rings. The second-order valence-corrected chi connectivity index (χ2v) is 5.11. The van der Waals surface area contributed by atoms with Crippen LogP contribution in [0.2, 0.25) is 0 Å². The third-order valence-corrected chi connectivity index (χ3v) is 3.37. The third kappa shape index (κ3) is 2.81. The van der Waals surface area contributed by atoms with Crippen LogP contribution in [-0.4, -0.2) is 25.4 Å². The maximum atomic E-state index is 11.3. The average Bonchev–Trinajstić information content (AvgIpc) is 2.97. The molecule has 0 radical (unpaired) electrons. The highest BCUT2D eigenvalue weighted by atomic mass is 16.1. The summed E-state index contributed by atoms with van der Waals surface area (Å²) in [4.78, 5) is 19.9. The lowest BCUT2D eigenvalue weighted by Crippen LogP contribution is -2.04. The quantitative estimate of drug-likeness (QED) is 0.732. The lowest BCUT2D eigenvalue weighted by Gasteiger charge is -2.10. The van der Waals surface area contributed by atoms with Crippen LogP contribution in [0.15, 0.2) is 36.7 Å². The predicted molar refractivity (Wildman–Crippen MR) is 84.5 cm³/mol. The van der Waals surface area contributed by atoms with E-state index in [9.17, 15) is 4.79 Å². The molecule has 0 fully saturated rings. The van der Waals surface area contributed by atoms with E-state index < -0.39 is 0 Å². The van der Waals surface area contributed by atoms with Crippen molar-refractivity contribution in [2.24, 2.45) is 0 Å². The second-order valence-electron chi connectivity index (χ2n) is 5.11. The number of ketones is 1. The third-order valence-electron chi connectivity index (χ3n) is 3.37. The maximum absolute atomic E-state index is 11.3. The lowest BCUT2D eigenvalue weighted by atomic mass is 10.1. The Balaban J connectivity index is 1.95. The van der Waals surface area contributed by atoms with E-state index in [0.717, 1.165) is 30.0 Å². The number of hydrogen-bond acceptors (Lipinski definition) is 5. The Morgan fingerprint density at radius 3 is 2.73 bits per heavy atom. The first-order valence-corrected chi connectivity index (χ1v) is 7.25. The summed E-state index contributed by atoms with van der Waals surface area (Å²) in [6, 6.07) is 9.33. The molecule has 0 saturated heterocycles. The molecule has 0 aliphatic carbocycles. The topological polar surface area (TPSA) is 72.2 Å². The minimum atomic E-state index is 0.0550. The van der Waals surface area contributed by atoms with Crippen molar-refractivity contribution in [3.8, 4) is 0 Å². The van der Waals surface area contributed by atoms with Crippen molar-refractivity contribution in [1.82, 2.24) is 19.6 Å². The molecule has 1 N–H and O–H groups in total. The van der Waals surface area contributed by atoms with Crippen LogP contribution in [-0.2, 0) is 6.42 Å². The van der Waals surface area contributed by atoms with Gasteiger partial charge in [0.25, 0.3) is 5.78 Å². The minimum absolute atomic E-state index is 0.0550. The molecule has 0 unspecified atom stereocenters. The molecular formula is C16H17N5O. The van der Waals surface area contributed by atoms with Crippen molar-refractivity contribution in [1.29, 1.82) is 0 Å². The highest BCUT2D eigenvalue weighted by Gasteiger charge is 2.08. The van der Waals surface area contributed by atoms with E-state index in [1.165, 1.54) is 6.33 Å². The molecular weight excluding hydrogens is 278 g/mol. The molecule has 0 aliphatic rings. The predicted octanol–water partition coefficient (Wildman–Crippen LogP) is 3.02. The van der Waals surface area contributed by atoms with E-state index in [4.69, 9.17) is 0 Å². The van der Waals surface area contributed by atoms with Crippen LogP contribution in [0.3, 0.4) is 0 Å². The first kappa shape index (κ1) is 14.2. The van der Waals surface area contributed by atoms with E-state index in [-0.39, 0.29) is 5.78 Å². The highest BCUT2D eigenvalue weighted by molar-refractivity contribution is 5.94. The standard InChI is InChI=1S/C16H17N5O/c1-3-4-14-9-15(21-16(20-14)17-10-18-21)19-13-7-5-12(6-8-13)11(2)22/h5-10,19H,3-4H2,1-2H3. The van der Waals surface area contributed by atoms with E-state index in [2.05, 4.69) is 27.3 Å². The normalized spacial score (nSPS) is 10.8. The van der Waals surface area contributed by atoms with Crippen molar-refractivity contribution < 1.29 is 4.79 Å². The molecule has 2 heterocycles. The Kier molecular flexibility index (Phi) is 3.82. The zero-order valence-electron chi connectivity index (χ0n) is 12.6. The summed E-state index contributed by atoms with van der Waals surface area (Å²) < 4.78 is 1.66. The molecule has 6 heteroatoms. The Morgan fingerprint density at radius 1 is 1.27 bits per heavy atom. The van der Waals surface area contributed by atoms with Gasteiger partial charge in [0.1, 0.15) is 12.1 Å². The number of nitrogens with one attached hydrogen (secondary N) is 1. The molecule has 0 saturated carbocycles. The SMILES string of the molecule is CCCc1cc(Nc2ccc(C(C)=O)cc2)n2ncnc2n1. The Labute approximate surface area is 128 Å². The summed E-state index contributed by atoms with van der Waals surface area (Å²) in [5.41, 5.74) is 2.55. The fourth-order valence-electron chi connectivity index (χ4n) is 2.27. The molecule has 112 valence electrons. The van der Waals surface area contributed by atoms with Gasteiger partial charge in [-0.25, -0.2) is 4.98 Å². The lowest BCUT2D eigenvalue weighted by molar-refractivity contribution is 0.101. The van der Waals surface area contributed by atoms with Crippen molar-refractivity contribution in [3.05, 3.63) is 47.9 Å². The molecule has 6 nitrogen and oxygen atoms in total. The van der Waals surface area contributed by atoms with E-state index in [1.807, 2.05) is 18.2 Å². The number of rotatable bonds is 5. The van der Waals surface area contributed by atoms with Crippen LogP contribution in [0.4, 0.5) is 11.5 Å². The fraction of sp³-hybridized carbons (Fsp3) is 0.250. The number of carbonyl (C=O) groups is 1. The van der Waals surface area contributed by atoms with Gasteiger partial charge < -0.3 is 5.32 Å². The van der Waals surface area contributed by atoms with E-state index in [0.29, 0.717) is 11.3 Å². The van der Waals surface area contributed by atoms with Crippen molar-refractivity contribution in [2.45, 2.75) is 26.7 Å². The Morgan fingerprint density at radius 2 is 2.05 bits per heavy atom. The van der Waals surface area contributed by atoms with Crippen LogP contribution in [0.1, 0.15) is 36.3 Å². The van der Waals surface area contributed by atoms with Crippen LogP contribution < -0.4 is 5.32 Å². The number of hydrogen-bond donors (Lipinski definition) is 1. The molecule has 0 bridgehead atoms. The molecule has 0 atom stereocenters. The van der Waals surface area contributed by atoms with Crippen LogP contribution in [0, 0.1) is 0 Å². The van der Waals surface area contributed by atoms with Gasteiger partial charge in [-0.3, -0.25) is 4.79 Å². The van der Waals surface area contributed by atoms with Gasteiger partial charge in [-0.05, 0) is 37.6 Å². The smallest absolute Gasteiger partial charge is 0.254 e. The Bertz CT molecular complexity index is 807. The van der Waals surface area contributed by atoms with Gasteiger partial charge in [0, 0.05) is 23.0 Å². The number of aryl methyl sites for hydroxylation is 1. The van der Waals surface area contributed by atoms with Crippen molar-refractivity contribution in [2.75, 3.05) is 5.32 Å². The zero-order chi connectivity index (χ0) is 15.5. The molecule has 3 rings (SSSR count). The Hall–Kier alpha value is -2.76. The number of anilines is 2. The second kappa shape index (κ2) is 5.93. The van der Waals surface area contributed by atoms with E-state index in [1.54, 1.807) is 23.6 Å². The highest BCUT2D eigenvalue weighted by Crippen LogP contribution is 2.19. The molecule has 2 aromatic heterocycles. The first-order chi connectivity index (χ1) is 10.7. The van der Waals surface area contributed by atoms with Gasteiger partial charge in [-0.15, -0.1) is 0 Å². The average molecular weight is 295 g/mol. The summed E-state index contributed by atoms with van der Waals surface area (Å²) in [7, 11) is 0. The molecule has 22 heavy (non-hydrogen) atoms. The molecule has 0 spiro atoms. The summed E-state index contributed by atoms with van der Waals surface area (Å²) in [5.74, 6) is 1.44. The zero-order valence-corrected chi connectivity index (χ0v) is 12.6. The van der Waals surface area contributed by atoms with Gasteiger partial charge in [0.2, 0.25) is 0 Å².